The molecule has 0 saturated carbocycles. The van der Waals surface area contributed by atoms with Crippen LogP contribution >= 0.6 is 0 Å². The van der Waals surface area contributed by atoms with Crippen molar-refractivity contribution < 1.29 is 42.4 Å². The predicted molar refractivity (Wildman–Crippen MR) is 159 cm³/mol. The highest BCUT2D eigenvalue weighted by atomic mass is 32.2. The minimum absolute atomic E-state index is 0.299. The van der Waals surface area contributed by atoms with Gasteiger partial charge in [0.1, 0.15) is 23.2 Å². The monoisotopic (exact) mass is 677 g/mol. The lowest BCUT2D eigenvalue weighted by atomic mass is 10.1. The number of amides is 2. The number of anilines is 2. The van der Waals surface area contributed by atoms with Gasteiger partial charge in [-0.25, -0.2) is 8.42 Å². The Balaban J connectivity index is 1.79. The van der Waals surface area contributed by atoms with Crippen molar-refractivity contribution in [1.82, 2.24) is 15.6 Å². The first-order valence-electron chi connectivity index (χ1n) is 12.8. The maximum absolute atomic E-state index is 13.1. The summed E-state index contributed by atoms with van der Waals surface area (Å²) in [6.07, 6.45) is -1.13. The van der Waals surface area contributed by atoms with Crippen molar-refractivity contribution in [2.24, 2.45) is 0 Å². The van der Waals surface area contributed by atoms with E-state index in [1.807, 2.05) is 0 Å². The summed E-state index contributed by atoms with van der Waals surface area (Å²) >= 11 is 0. The number of nitro groups is 4. The molecule has 0 bridgehead atoms. The number of rotatable bonds is 16. The quantitative estimate of drug-likeness (QED) is 0.107. The molecule has 47 heavy (non-hydrogen) atoms. The number of hydrazine groups is 2. The van der Waals surface area contributed by atoms with Gasteiger partial charge in [0.2, 0.25) is 15.9 Å². The molecule has 2 amide bonds. The van der Waals surface area contributed by atoms with E-state index in [4.69, 9.17) is 4.74 Å². The second kappa shape index (κ2) is 15.0. The first-order chi connectivity index (χ1) is 22.1. The maximum atomic E-state index is 13.1. The van der Waals surface area contributed by atoms with Crippen LogP contribution in [0, 0.1) is 40.5 Å². The molecule has 0 aliphatic carbocycles. The number of hydrogen-bond donors (Lipinski definition) is 5. The van der Waals surface area contributed by atoms with Crippen molar-refractivity contribution in [3.8, 4) is 5.75 Å². The molecule has 248 valence electrons. The molecule has 0 fully saturated rings. The Kier molecular flexibility index (Phi) is 11.2. The Labute approximate surface area is 262 Å². The van der Waals surface area contributed by atoms with Crippen LogP contribution in [-0.4, -0.2) is 53.1 Å². The van der Waals surface area contributed by atoms with Gasteiger partial charge in [0.15, 0.2) is 0 Å². The van der Waals surface area contributed by atoms with Crippen LogP contribution in [0.25, 0.3) is 0 Å². The van der Waals surface area contributed by atoms with Crippen LogP contribution in [0.4, 0.5) is 34.1 Å². The highest BCUT2D eigenvalue weighted by molar-refractivity contribution is 7.89. The number of hydrogen-bond acceptors (Lipinski definition) is 15. The average Bonchev–Trinajstić information content (AvgIpc) is 3.04. The molecule has 23 heteroatoms. The zero-order valence-corrected chi connectivity index (χ0v) is 24.6. The zero-order valence-electron chi connectivity index (χ0n) is 23.8. The molecule has 5 N–H and O–H groups in total. The van der Waals surface area contributed by atoms with E-state index in [2.05, 4.69) is 26.4 Å². The summed E-state index contributed by atoms with van der Waals surface area (Å²) in [6.45, 7) is 0. The number of non-ortho nitro benzene ring substituents is 2. The van der Waals surface area contributed by atoms with Crippen molar-refractivity contribution in [3.63, 3.8) is 0 Å². The molecule has 22 nitrogen and oxygen atoms in total. The van der Waals surface area contributed by atoms with E-state index < -0.39 is 88.9 Å². The molecule has 1 atom stereocenters. The SMILES string of the molecule is COc1ccc(S(=O)(=O)N[C@@H](CCC(=O)NNc2ccc([N+](=O)[O-])cc2[N+](=O)[O-])C(=O)NNc2ccc([N+](=O)[O-])cc2[N+](=O)[O-])cc1. The number of benzene rings is 3. The summed E-state index contributed by atoms with van der Waals surface area (Å²) in [7, 11) is -3.08. The summed E-state index contributed by atoms with van der Waals surface area (Å²) in [6, 6.07) is 8.33. The van der Waals surface area contributed by atoms with Crippen molar-refractivity contribution in [2.75, 3.05) is 18.0 Å². The van der Waals surface area contributed by atoms with Gasteiger partial charge in [0.25, 0.3) is 17.3 Å². The van der Waals surface area contributed by atoms with E-state index in [0.717, 1.165) is 24.3 Å². The highest BCUT2D eigenvalue weighted by Crippen LogP contribution is 2.29. The van der Waals surface area contributed by atoms with E-state index >= 15 is 0 Å². The van der Waals surface area contributed by atoms with Gasteiger partial charge < -0.3 is 4.74 Å². The lowest BCUT2D eigenvalue weighted by Crippen LogP contribution is -2.48. The Hall–Kier alpha value is -6.49. The molecule has 0 unspecified atom stereocenters. The Morgan fingerprint density at radius 3 is 1.68 bits per heavy atom. The number of nitrogens with zero attached hydrogens (tertiary/aromatic N) is 4. The molecule has 0 saturated heterocycles. The van der Waals surface area contributed by atoms with Crippen LogP contribution in [0.2, 0.25) is 0 Å². The fourth-order valence-corrected chi connectivity index (χ4v) is 4.96. The van der Waals surface area contributed by atoms with Crippen LogP contribution in [0.1, 0.15) is 12.8 Å². The van der Waals surface area contributed by atoms with E-state index in [1.54, 1.807) is 0 Å². The van der Waals surface area contributed by atoms with Gasteiger partial charge in [-0.2, -0.15) is 4.72 Å². The van der Waals surface area contributed by atoms with E-state index in [9.17, 15) is 58.5 Å². The van der Waals surface area contributed by atoms with Crippen LogP contribution in [0.15, 0.2) is 65.6 Å². The Morgan fingerprint density at radius 1 is 0.745 bits per heavy atom. The van der Waals surface area contributed by atoms with Crippen LogP contribution in [-0.2, 0) is 19.6 Å². The topological polar surface area (TPSA) is 310 Å². The average molecular weight is 678 g/mol. The number of carbonyl (C=O) groups is 2. The molecular formula is C24H23N9O13S. The minimum atomic E-state index is -4.43. The molecule has 0 spiro atoms. The maximum Gasteiger partial charge on any atom is 0.300 e. The smallest absolute Gasteiger partial charge is 0.300 e. The molecule has 0 aliphatic rings. The third-order valence-corrected chi connectivity index (χ3v) is 7.57. The fraction of sp³-hybridized carbons (Fsp3) is 0.167. The number of carbonyl (C=O) groups excluding carboxylic acids is 2. The second-order valence-corrected chi connectivity index (χ2v) is 10.8. The fourth-order valence-electron chi connectivity index (χ4n) is 3.73. The van der Waals surface area contributed by atoms with Crippen LogP contribution in [0.5, 0.6) is 5.75 Å². The zero-order chi connectivity index (χ0) is 34.9. The number of nitrogens with one attached hydrogen (secondary N) is 5. The molecule has 0 aliphatic heterocycles. The highest BCUT2D eigenvalue weighted by Gasteiger charge is 2.28. The number of methoxy groups -OCH3 is 1. The number of ether oxygens (including phenoxy) is 1. The van der Waals surface area contributed by atoms with Crippen molar-refractivity contribution >= 4 is 56.0 Å². The third kappa shape index (κ3) is 9.25. The van der Waals surface area contributed by atoms with Crippen molar-refractivity contribution in [3.05, 3.63) is 101 Å². The van der Waals surface area contributed by atoms with E-state index in [-0.39, 0.29) is 10.6 Å². The molecule has 0 radical (unpaired) electrons. The molecule has 3 rings (SSSR count). The number of nitro benzene ring substituents is 4. The van der Waals surface area contributed by atoms with Gasteiger partial charge in [0, 0.05) is 18.6 Å². The van der Waals surface area contributed by atoms with Gasteiger partial charge >= 0.3 is 11.4 Å². The van der Waals surface area contributed by atoms with Gasteiger partial charge in [-0.1, -0.05) is 0 Å². The lowest BCUT2D eigenvalue weighted by Gasteiger charge is -2.19. The molecule has 0 heterocycles. The normalized spacial score (nSPS) is 11.4. The second-order valence-electron chi connectivity index (χ2n) is 9.11. The van der Waals surface area contributed by atoms with E-state index in [1.165, 1.54) is 31.4 Å². The largest absolute Gasteiger partial charge is 0.497 e. The van der Waals surface area contributed by atoms with Crippen molar-refractivity contribution in [2.45, 2.75) is 23.8 Å². The lowest BCUT2D eigenvalue weighted by molar-refractivity contribution is -0.393. The molecule has 0 aromatic heterocycles. The summed E-state index contributed by atoms with van der Waals surface area (Å²) in [4.78, 5) is 66.4. The van der Waals surface area contributed by atoms with Gasteiger partial charge in [-0.3, -0.25) is 71.7 Å². The first-order valence-corrected chi connectivity index (χ1v) is 14.2. The van der Waals surface area contributed by atoms with Crippen LogP contribution in [0.3, 0.4) is 0 Å². The Morgan fingerprint density at radius 2 is 1.23 bits per heavy atom. The summed E-state index contributed by atoms with van der Waals surface area (Å²) in [5.74, 6) is -1.72. The summed E-state index contributed by atoms with van der Waals surface area (Å²) in [5.41, 5.74) is 5.17. The molecule has 3 aromatic rings. The van der Waals surface area contributed by atoms with Gasteiger partial charge in [-0.15, -0.1) is 0 Å². The van der Waals surface area contributed by atoms with Gasteiger partial charge in [-0.05, 0) is 42.8 Å². The van der Waals surface area contributed by atoms with Crippen LogP contribution < -0.4 is 31.2 Å². The number of sulfonamides is 1. The summed E-state index contributed by atoms with van der Waals surface area (Å²) in [5, 5.41) is 44.7. The third-order valence-electron chi connectivity index (χ3n) is 6.08. The predicted octanol–water partition coefficient (Wildman–Crippen LogP) is 2.04. The Bertz CT molecular complexity index is 1840. The minimum Gasteiger partial charge on any atom is -0.497 e. The first kappa shape index (κ1) is 35.0. The van der Waals surface area contributed by atoms with E-state index in [0.29, 0.717) is 17.9 Å². The van der Waals surface area contributed by atoms with Crippen molar-refractivity contribution in [1.29, 1.82) is 0 Å². The summed E-state index contributed by atoms with van der Waals surface area (Å²) < 4.78 is 33.2. The standard InChI is InChI=1S/C24H23N9O13S/c1-46-16-4-6-17(7-5-16)47(44,45)29-20(24(35)28-26-19-9-3-15(31(38)39)13-22(19)33(42)43)10-11-23(34)27-25-18-8-2-14(30(36)37)12-21(18)32(40)41/h2-9,12-13,20,25-26,29H,10-11H2,1H3,(H,27,34)(H,28,35)/t20-/m0/s1. The van der Waals surface area contributed by atoms with Gasteiger partial charge in [0.05, 0.1) is 43.8 Å². The molecule has 3 aromatic carbocycles. The molecular weight excluding hydrogens is 654 g/mol.